The largest absolute Gasteiger partial charge is 0.394 e. The smallest absolute Gasteiger partial charge is 0.227 e. The molecule has 22 heavy (non-hydrogen) atoms. The van der Waals surface area contributed by atoms with Crippen LogP contribution in [0.4, 0.5) is 0 Å². The Hall–Kier alpha value is -2.13. The molecule has 3 rings (SSSR count). The van der Waals surface area contributed by atoms with Gasteiger partial charge in [0.2, 0.25) is 5.91 Å². The second-order valence-corrected chi connectivity index (χ2v) is 6.06. The summed E-state index contributed by atoms with van der Waals surface area (Å²) in [6.07, 6.45) is 2.61. The van der Waals surface area contributed by atoms with E-state index in [4.69, 9.17) is 0 Å². The first-order chi connectivity index (χ1) is 10.7. The van der Waals surface area contributed by atoms with Crippen LogP contribution in [-0.4, -0.2) is 17.6 Å². The molecule has 0 bridgehead atoms. The van der Waals surface area contributed by atoms with Crippen LogP contribution in [0.2, 0.25) is 0 Å². The average molecular weight is 295 g/mol. The summed E-state index contributed by atoms with van der Waals surface area (Å²) in [6, 6.07) is 19.4. The molecule has 2 N–H and O–H groups in total. The molecule has 3 heteroatoms. The molecule has 1 saturated carbocycles. The molecule has 1 atom stereocenters. The second kappa shape index (κ2) is 6.32. The van der Waals surface area contributed by atoms with Crippen molar-refractivity contribution < 1.29 is 9.90 Å². The first-order valence-electron chi connectivity index (χ1n) is 7.74. The Kier molecular flexibility index (Phi) is 4.25. The van der Waals surface area contributed by atoms with Gasteiger partial charge < -0.3 is 10.4 Å². The summed E-state index contributed by atoms with van der Waals surface area (Å²) in [5.41, 5.74) is 1.84. The monoisotopic (exact) mass is 295 g/mol. The van der Waals surface area contributed by atoms with E-state index in [2.05, 4.69) is 17.4 Å². The molecule has 2 aromatic rings. The molecule has 0 heterocycles. The number of carbonyl (C=O) groups is 1. The van der Waals surface area contributed by atoms with Crippen molar-refractivity contribution in [1.82, 2.24) is 5.32 Å². The highest BCUT2D eigenvalue weighted by Gasteiger charge is 2.49. The quantitative estimate of drug-likeness (QED) is 0.861. The highest BCUT2D eigenvalue weighted by atomic mass is 16.3. The Morgan fingerprint density at radius 3 is 2.18 bits per heavy atom. The fourth-order valence-electron chi connectivity index (χ4n) is 2.85. The van der Waals surface area contributed by atoms with Gasteiger partial charge in [0.05, 0.1) is 18.1 Å². The summed E-state index contributed by atoms with van der Waals surface area (Å²) in [4.78, 5) is 12.7. The van der Waals surface area contributed by atoms with Crippen molar-refractivity contribution in [2.45, 2.75) is 25.3 Å². The minimum absolute atomic E-state index is 0.0549. The van der Waals surface area contributed by atoms with E-state index >= 15 is 0 Å². The highest BCUT2D eigenvalue weighted by molar-refractivity contribution is 5.86. The first-order valence-corrected chi connectivity index (χ1v) is 7.74. The van der Waals surface area contributed by atoms with E-state index in [0.29, 0.717) is 0 Å². The van der Waals surface area contributed by atoms with Crippen LogP contribution >= 0.6 is 0 Å². The van der Waals surface area contributed by atoms with Gasteiger partial charge in [-0.2, -0.15) is 0 Å². The number of amides is 1. The molecule has 1 aliphatic carbocycles. The lowest BCUT2D eigenvalue weighted by Crippen LogP contribution is -2.37. The van der Waals surface area contributed by atoms with Crippen LogP contribution in [-0.2, 0) is 11.2 Å². The Morgan fingerprint density at radius 1 is 1.05 bits per heavy atom. The first kappa shape index (κ1) is 14.8. The molecular weight excluding hydrogens is 274 g/mol. The molecule has 114 valence electrons. The Labute approximate surface area is 131 Å². The Bertz CT molecular complexity index is 620. The zero-order chi connectivity index (χ0) is 15.4. The fourth-order valence-corrected chi connectivity index (χ4v) is 2.85. The molecule has 0 spiro atoms. The molecule has 3 nitrogen and oxygen atoms in total. The topological polar surface area (TPSA) is 49.3 Å². The molecule has 0 unspecified atom stereocenters. The number of rotatable bonds is 6. The maximum absolute atomic E-state index is 12.7. The van der Waals surface area contributed by atoms with Gasteiger partial charge >= 0.3 is 0 Å². The van der Waals surface area contributed by atoms with Crippen LogP contribution in [0.1, 0.15) is 30.0 Å². The zero-order valence-electron chi connectivity index (χ0n) is 12.5. The lowest BCUT2D eigenvalue weighted by atomic mass is 9.94. The summed E-state index contributed by atoms with van der Waals surface area (Å²) in [6.45, 7) is -0.0861. The van der Waals surface area contributed by atoms with Crippen molar-refractivity contribution in [3.63, 3.8) is 0 Å². The van der Waals surface area contributed by atoms with Gasteiger partial charge in [-0.3, -0.25) is 4.79 Å². The van der Waals surface area contributed by atoms with Gasteiger partial charge in [-0.05, 0) is 30.4 Å². The minimum atomic E-state index is -0.332. The van der Waals surface area contributed by atoms with Crippen molar-refractivity contribution in [2.75, 3.05) is 6.61 Å². The van der Waals surface area contributed by atoms with E-state index in [1.807, 2.05) is 48.5 Å². The predicted molar refractivity (Wildman–Crippen MR) is 86.2 cm³/mol. The van der Waals surface area contributed by atoms with Gasteiger partial charge in [-0.1, -0.05) is 60.7 Å². The van der Waals surface area contributed by atoms with E-state index in [1.54, 1.807) is 0 Å². The number of hydrogen-bond acceptors (Lipinski definition) is 2. The normalized spacial score (nSPS) is 16.8. The number of carbonyl (C=O) groups excluding carboxylic acids is 1. The number of aliphatic hydroxyl groups excluding tert-OH is 1. The van der Waals surface area contributed by atoms with E-state index in [0.717, 1.165) is 24.8 Å². The summed E-state index contributed by atoms with van der Waals surface area (Å²) >= 11 is 0. The second-order valence-electron chi connectivity index (χ2n) is 6.06. The molecule has 1 aliphatic rings. The van der Waals surface area contributed by atoms with E-state index < -0.39 is 0 Å². The number of aliphatic hydroxyl groups is 1. The van der Waals surface area contributed by atoms with Crippen LogP contribution in [0.3, 0.4) is 0 Å². The maximum atomic E-state index is 12.7. The molecular formula is C19H21NO2. The van der Waals surface area contributed by atoms with Gasteiger partial charge in [0.25, 0.3) is 0 Å². The van der Waals surface area contributed by atoms with Gasteiger partial charge in [0, 0.05) is 0 Å². The third kappa shape index (κ3) is 3.20. The molecule has 0 radical (unpaired) electrons. The Morgan fingerprint density at radius 2 is 1.64 bits per heavy atom. The Balaban J connectivity index is 1.68. The maximum Gasteiger partial charge on any atom is 0.227 e. The molecule has 1 amide bonds. The fraction of sp³-hybridized carbons (Fsp3) is 0.316. The zero-order valence-corrected chi connectivity index (χ0v) is 12.5. The van der Waals surface area contributed by atoms with Gasteiger partial charge in [-0.25, -0.2) is 0 Å². The van der Waals surface area contributed by atoms with Crippen molar-refractivity contribution in [3.8, 4) is 0 Å². The number of hydrogen-bond donors (Lipinski definition) is 2. The van der Waals surface area contributed by atoms with Crippen LogP contribution in [0, 0.1) is 5.41 Å². The number of benzene rings is 2. The van der Waals surface area contributed by atoms with Crippen molar-refractivity contribution in [3.05, 3.63) is 71.8 Å². The summed E-state index contributed by atoms with van der Waals surface area (Å²) in [5, 5.41) is 12.6. The van der Waals surface area contributed by atoms with Crippen molar-refractivity contribution in [1.29, 1.82) is 0 Å². The van der Waals surface area contributed by atoms with E-state index in [-0.39, 0.29) is 24.0 Å². The highest BCUT2D eigenvalue weighted by Crippen LogP contribution is 2.49. The lowest BCUT2D eigenvalue weighted by molar-refractivity contribution is -0.127. The lowest BCUT2D eigenvalue weighted by Gasteiger charge is -2.21. The predicted octanol–water partition coefficient (Wildman–Crippen LogP) is 2.86. The SMILES string of the molecule is O=C(N[C@H](CO)c1ccccc1)C1(Cc2ccccc2)CC1. The third-order valence-corrected chi connectivity index (χ3v) is 4.41. The standard InChI is InChI=1S/C19H21NO2/c21-14-17(16-9-5-2-6-10-16)20-18(22)19(11-12-19)13-15-7-3-1-4-8-15/h1-10,17,21H,11-14H2,(H,20,22)/t17-/m1/s1. The van der Waals surface area contributed by atoms with Crippen LogP contribution < -0.4 is 5.32 Å². The summed E-state index contributed by atoms with van der Waals surface area (Å²) in [5.74, 6) is 0.0549. The summed E-state index contributed by atoms with van der Waals surface area (Å²) < 4.78 is 0. The van der Waals surface area contributed by atoms with Crippen molar-refractivity contribution in [2.24, 2.45) is 5.41 Å². The third-order valence-electron chi connectivity index (χ3n) is 4.41. The van der Waals surface area contributed by atoms with E-state index in [1.165, 1.54) is 5.56 Å². The minimum Gasteiger partial charge on any atom is -0.394 e. The van der Waals surface area contributed by atoms with Gasteiger partial charge in [-0.15, -0.1) is 0 Å². The molecule has 2 aromatic carbocycles. The van der Waals surface area contributed by atoms with Crippen LogP contribution in [0.25, 0.3) is 0 Å². The van der Waals surface area contributed by atoms with Gasteiger partial charge in [0.1, 0.15) is 0 Å². The van der Waals surface area contributed by atoms with Gasteiger partial charge in [0.15, 0.2) is 0 Å². The van der Waals surface area contributed by atoms with E-state index in [9.17, 15) is 9.90 Å². The molecule has 0 aliphatic heterocycles. The average Bonchev–Trinajstić information content (AvgIpc) is 3.35. The van der Waals surface area contributed by atoms with Crippen LogP contribution in [0.5, 0.6) is 0 Å². The van der Waals surface area contributed by atoms with Crippen LogP contribution in [0.15, 0.2) is 60.7 Å². The van der Waals surface area contributed by atoms with Crippen molar-refractivity contribution >= 4 is 5.91 Å². The molecule has 1 fully saturated rings. The summed E-state index contributed by atoms with van der Waals surface area (Å²) in [7, 11) is 0. The number of nitrogens with one attached hydrogen (secondary N) is 1. The molecule has 0 aromatic heterocycles. The molecule has 0 saturated heterocycles.